The fraction of sp³-hybridized carbons (Fsp3) is 0.320. The molecule has 0 aliphatic heterocycles. The van der Waals surface area contributed by atoms with Crippen LogP contribution in [0.25, 0.3) is 10.9 Å². The van der Waals surface area contributed by atoms with Gasteiger partial charge >= 0.3 is 0 Å². The molecule has 0 spiro atoms. The maximum Gasteiger partial charge on any atom is 0.192 e. The number of benzene rings is 2. The lowest BCUT2D eigenvalue weighted by molar-refractivity contribution is 0.0991. The summed E-state index contributed by atoms with van der Waals surface area (Å²) in [4.78, 5) is 17.1. The summed E-state index contributed by atoms with van der Waals surface area (Å²) in [5.74, 6) is 1.02. The van der Waals surface area contributed by atoms with Crippen LogP contribution >= 0.6 is 11.8 Å². The van der Waals surface area contributed by atoms with E-state index in [2.05, 4.69) is 19.7 Å². The van der Waals surface area contributed by atoms with Crippen molar-refractivity contribution in [3.63, 3.8) is 0 Å². The maximum atomic E-state index is 13.8. The maximum absolute atomic E-state index is 13.8. The predicted octanol–water partition coefficient (Wildman–Crippen LogP) is 6.29. The average Bonchev–Trinajstić information content (AvgIpc) is 3.41. The first kappa shape index (κ1) is 20.1. The van der Waals surface area contributed by atoms with E-state index in [1.54, 1.807) is 0 Å². The van der Waals surface area contributed by atoms with Gasteiger partial charge in [0.05, 0.1) is 0 Å². The van der Waals surface area contributed by atoms with Crippen LogP contribution in [0.15, 0.2) is 66.0 Å². The molecule has 2 aromatic carbocycles. The first-order valence-corrected chi connectivity index (χ1v) is 11.8. The van der Waals surface area contributed by atoms with Crippen molar-refractivity contribution in [2.24, 2.45) is 0 Å². The van der Waals surface area contributed by atoms with E-state index in [0.29, 0.717) is 6.04 Å². The van der Waals surface area contributed by atoms with E-state index in [-0.39, 0.29) is 11.0 Å². The minimum absolute atomic E-state index is 0.0875. The molecule has 0 saturated heterocycles. The Balaban J connectivity index is 1.53. The number of carbonyl (C=O) groups excluding carboxylic acids is 1. The van der Waals surface area contributed by atoms with Gasteiger partial charge in [-0.2, -0.15) is 0 Å². The number of hydrogen-bond donors (Lipinski definition) is 1. The van der Waals surface area contributed by atoms with Gasteiger partial charge in [0.2, 0.25) is 0 Å². The molecule has 1 saturated carbocycles. The van der Waals surface area contributed by atoms with Crippen molar-refractivity contribution in [1.29, 1.82) is 0 Å². The minimum atomic E-state index is -0.383. The Morgan fingerprint density at radius 3 is 2.58 bits per heavy atom. The van der Waals surface area contributed by atoms with Gasteiger partial charge in [-0.3, -0.25) is 4.79 Å². The van der Waals surface area contributed by atoms with Gasteiger partial charge in [-0.1, -0.05) is 79.6 Å². The zero-order chi connectivity index (χ0) is 21.2. The molecule has 1 atom stereocenters. The fourth-order valence-corrected chi connectivity index (χ4v) is 5.83. The number of fused-ring (bicyclic) bond motifs is 1. The van der Waals surface area contributed by atoms with Crippen molar-refractivity contribution in [1.82, 2.24) is 19.7 Å². The topological polar surface area (TPSA) is 63.6 Å². The molecular formula is C25H26N4OS. The van der Waals surface area contributed by atoms with Crippen molar-refractivity contribution in [3.05, 3.63) is 77.7 Å². The third-order valence-corrected chi connectivity index (χ3v) is 7.40. The lowest BCUT2D eigenvalue weighted by atomic mass is 9.95. The van der Waals surface area contributed by atoms with Crippen molar-refractivity contribution < 1.29 is 4.79 Å². The van der Waals surface area contributed by atoms with Gasteiger partial charge < -0.3 is 9.55 Å². The molecule has 0 unspecified atom stereocenters. The van der Waals surface area contributed by atoms with Crippen LogP contribution in [-0.2, 0) is 0 Å². The summed E-state index contributed by atoms with van der Waals surface area (Å²) in [6.45, 7) is 2.02. The summed E-state index contributed by atoms with van der Waals surface area (Å²) in [6.07, 6.45) is 7.91. The van der Waals surface area contributed by atoms with Gasteiger partial charge in [0, 0.05) is 28.7 Å². The largest absolute Gasteiger partial charge is 0.360 e. The van der Waals surface area contributed by atoms with Crippen molar-refractivity contribution >= 4 is 28.4 Å². The zero-order valence-corrected chi connectivity index (χ0v) is 18.4. The Morgan fingerprint density at radius 2 is 1.77 bits per heavy atom. The first-order chi connectivity index (χ1) is 15.2. The Hall–Kier alpha value is -2.86. The molecule has 1 N–H and O–H groups in total. The van der Waals surface area contributed by atoms with Gasteiger partial charge in [0.25, 0.3) is 0 Å². The van der Waals surface area contributed by atoms with E-state index in [1.807, 2.05) is 67.7 Å². The smallest absolute Gasteiger partial charge is 0.192 e. The molecule has 31 heavy (non-hydrogen) atoms. The number of ketones is 1. The van der Waals surface area contributed by atoms with Crippen LogP contribution in [0.1, 0.15) is 65.1 Å². The second kappa shape index (κ2) is 8.71. The number of para-hydroxylation sites is 1. The highest BCUT2D eigenvalue weighted by atomic mass is 32.2. The summed E-state index contributed by atoms with van der Waals surface area (Å²) in [7, 11) is 0. The summed E-state index contributed by atoms with van der Waals surface area (Å²) < 4.78 is 2.27. The quantitative estimate of drug-likeness (QED) is 0.288. The van der Waals surface area contributed by atoms with Gasteiger partial charge in [-0.15, -0.1) is 10.2 Å². The Kier molecular flexibility index (Phi) is 5.64. The third-order valence-electron chi connectivity index (χ3n) is 6.19. The second-order valence-corrected chi connectivity index (χ2v) is 9.28. The SMILES string of the molecule is Cc1nnc(S[C@H](C(=O)c2c[nH]c3ccccc23)c2ccccc2)n1C1CCCCC1. The Bertz CT molecular complexity index is 1190. The molecule has 0 bridgehead atoms. The first-order valence-electron chi connectivity index (χ1n) is 11.0. The highest BCUT2D eigenvalue weighted by Gasteiger charge is 2.29. The summed E-state index contributed by atoms with van der Waals surface area (Å²) in [6, 6.07) is 18.4. The molecule has 2 heterocycles. The van der Waals surface area contributed by atoms with E-state index < -0.39 is 0 Å². The molecular weight excluding hydrogens is 404 g/mol. The highest BCUT2D eigenvalue weighted by Crippen LogP contribution is 2.41. The lowest BCUT2D eigenvalue weighted by Gasteiger charge is -2.26. The van der Waals surface area contributed by atoms with Crippen LogP contribution < -0.4 is 0 Å². The molecule has 0 amide bonds. The standard InChI is InChI=1S/C25H26N4OS/c1-17-27-28-25(29(17)19-12-6-3-7-13-19)31-24(18-10-4-2-5-11-18)23(30)21-16-26-22-15-9-8-14-20(21)22/h2,4-5,8-11,14-16,19,24,26H,3,6-7,12-13H2,1H3/t24-/m0/s1. The molecule has 0 radical (unpaired) electrons. The van der Waals surface area contributed by atoms with Crippen LogP contribution in [0.4, 0.5) is 0 Å². The predicted molar refractivity (Wildman–Crippen MR) is 125 cm³/mol. The average molecular weight is 431 g/mol. The summed E-state index contributed by atoms with van der Waals surface area (Å²) in [5.41, 5.74) is 2.68. The van der Waals surface area contributed by atoms with Crippen LogP contribution in [-0.4, -0.2) is 25.5 Å². The molecule has 5 nitrogen and oxygen atoms in total. The molecule has 1 aliphatic carbocycles. The van der Waals surface area contributed by atoms with E-state index >= 15 is 0 Å². The molecule has 1 fully saturated rings. The third kappa shape index (κ3) is 3.92. The number of nitrogens with zero attached hydrogens (tertiary/aromatic N) is 3. The monoisotopic (exact) mass is 430 g/mol. The van der Waals surface area contributed by atoms with Crippen molar-refractivity contribution in [2.75, 3.05) is 0 Å². The highest BCUT2D eigenvalue weighted by molar-refractivity contribution is 8.00. The van der Waals surface area contributed by atoms with E-state index in [4.69, 9.17) is 0 Å². The number of Topliss-reactive ketones (excluding diaryl/α,β-unsaturated/α-hetero) is 1. The number of H-pyrrole nitrogens is 1. The lowest BCUT2D eigenvalue weighted by Crippen LogP contribution is -2.17. The number of thioether (sulfide) groups is 1. The van der Waals surface area contributed by atoms with Crippen LogP contribution in [0.5, 0.6) is 0 Å². The minimum Gasteiger partial charge on any atom is -0.360 e. The van der Waals surface area contributed by atoms with Crippen LogP contribution in [0.3, 0.4) is 0 Å². The molecule has 5 rings (SSSR count). The van der Waals surface area contributed by atoms with Gasteiger partial charge in [-0.05, 0) is 31.4 Å². The van der Waals surface area contributed by atoms with E-state index in [0.717, 1.165) is 45.9 Å². The number of rotatable bonds is 6. The molecule has 2 aromatic heterocycles. The summed E-state index contributed by atoms with van der Waals surface area (Å²) >= 11 is 1.52. The number of aryl methyl sites for hydroxylation is 1. The fourth-order valence-electron chi connectivity index (χ4n) is 4.61. The van der Waals surface area contributed by atoms with E-state index in [1.165, 1.54) is 31.0 Å². The van der Waals surface area contributed by atoms with E-state index in [9.17, 15) is 4.79 Å². The number of nitrogens with one attached hydrogen (secondary N) is 1. The van der Waals surface area contributed by atoms with Crippen molar-refractivity contribution in [2.45, 2.75) is 55.5 Å². The Morgan fingerprint density at radius 1 is 1.03 bits per heavy atom. The van der Waals surface area contributed by atoms with Crippen LogP contribution in [0.2, 0.25) is 0 Å². The van der Waals surface area contributed by atoms with Crippen LogP contribution in [0, 0.1) is 6.92 Å². The van der Waals surface area contributed by atoms with Gasteiger partial charge in [0.1, 0.15) is 11.1 Å². The van der Waals surface area contributed by atoms with Gasteiger partial charge in [-0.25, -0.2) is 0 Å². The second-order valence-electron chi connectivity index (χ2n) is 8.21. The molecule has 4 aromatic rings. The summed E-state index contributed by atoms with van der Waals surface area (Å²) in [5, 5.41) is 10.3. The number of carbonyl (C=O) groups is 1. The number of aromatic nitrogens is 4. The van der Waals surface area contributed by atoms with Crippen molar-refractivity contribution in [3.8, 4) is 0 Å². The Labute approximate surface area is 186 Å². The number of aromatic amines is 1. The van der Waals surface area contributed by atoms with Gasteiger partial charge in [0.15, 0.2) is 10.9 Å². The normalized spacial score (nSPS) is 15.9. The zero-order valence-electron chi connectivity index (χ0n) is 17.6. The molecule has 1 aliphatic rings. The molecule has 6 heteroatoms. The molecule has 158 valence electrons. The number of hydrogen-bond acceptors (Lipinski definition) is 4.